The van der Waals surface area contributed by atoms with Gasteiger partial charge in [-0.05, 0) is 31.2 Å². The number of nitrogens with one attached hydrogen (secondary N) is 1. The molecule has 1 amide bonds. The highest BCUT2D eigenvalue weighted by atomic mass is 16.5. The van der Waals surface area contributed by atoms with Gasteiger partial charge >= 0.3 is 0 Å². The average molecular weight is 384 g/mol. The van der Waals surface area contributed by atoms with E-state index in [0.717, 1.165) is 16.8 Å². The van der Waals surface area contributed by atoms with Gasteiger partial charge in [0.1, 0.15) is 5.75 Å². The van der Waals surface area contributed by atoms with Gasteiger partial charge in [-0.2, -0.15) is 0 Å². The smallest absolute Gasteiger partial charge is 0.295 e. The van der Waals surface area contributed by atoms with Crippen LogP contribution in [0.15, 0.2) is 78.9 Å². The number of aromatic nitrogens is 3. The minimum absolute atomic E-state index is 0.0900. The largest absolute Gasteiger partial charge is 0.497 e. The van der Waals surface area contributed by atoms with Gasteiger partial charge in [0, 0.05) is 17.3 Å². The second-order valence-corrected chi connectivity index (χ2v) is 6.56. The monoisotopic (exact) mass is 384 g/mol. The summed E-state index contributed by atoms with van der Waals surface area (Å²) < 4.78 is 6.89. The van der Waals surface area contributed by atoms with E-state index in [1.165, 1.54) is 0 Å². The number of hydrogen-bond acceptors (Lipinski definition) is 4. The number of carbonyl (C=O) groups is 1. The van der Waals surface area contributed by atoms with E-state index in [-0.39, 0.29) is 11.7 Å². The lowest BCUT2D eigenvalue weighted by atomic mass is 10.1. The van der Waals surface area contributed by atoms with Gasteiger partial charge in [0.2, 0.25) is 5.82 Å². The number of methoxy groups -OCH3 is 1. The molecule has 29 heavy (non-hydrogen) atoms. The Kier molecular flexibility index (Phi) is 5.07. The second kappa shape index (κ2) is 7.98. The lowest BCUT2D eigenvalue weighted by Crippen LogP contribution is -2.14. The summed E-state index contributed by atoms with van der Waals surface area (Å²) in [7, 11) is 1.58. The van der Waals surface area contributed by atoms with Gasteiger partial charge in [0.15, 0.2) is 5.82 Å². The molecule has 6 nitrogen and oxygen atoms in total. The van der Waals surface area contributed by atoms with Crippen molar-refractivity contribution in [3.05, 3.63) is 90.3 Å². The van der Waals surface area contributed by atoms with Crippen molar-refractivity contribution in [2.45, 2.75) is 6.92 Å². The second-order valence-electron chi connectivity index (χ2n) is 6.56. The molecule has 0 saturated carbocycles. The van der Waals surface area contributed by atoms with Crippen LogP contribution in [0.2, 0.25) is 0 Å². The number of aryl methyl sites for hydroxylation is 1. The number of hydrogen-bond donors (Lipinski definition) is 1. The van der Waals surface area contributed by atoms with Gasteiger partial charge < -0.3 is 10.1 Å². The van der Waals surface area contributed by atoms with Crippen molar-refractivity contribution in [3.63, 3.8) is 0 Å². The molecule has 0 saturated heterocycles. The number of amides is 1. The fourth-order valence-corrected chi connectivity index (χ4v) is 2.93. The van der Waals surface area contributed by atoms with E-state index in [1.807, 2.05) is 73.7 Å². The Morgan fingerprint density at radius 1 is 0.966 bits per heavy atom. The van der Waals surface area contributed by atoms with E-state index in [9.17, 15) is 4.79 Å². The van der Waals surface area contributed by atoms with E-state index >= 15 is 0 Å². The van der Waals surface area contributed by atoms with Crippen molar-refractivity contribution in [1.29, 1.82) is 0 Å². The maximum atomic E-state index is 12.8. The molecule has 1 heterocycles. The number of ether oxygens (including phenoxy) is 1. The number of para-hydroxylation sites is 1. The molecule has 0 unspecified atom stereocenters. The summed E-state index contributed by atoms with van der Waals surface area (Å²) in [5.41, 5.74) is 3.47. The number of rotatable bonds is 5. The normalized spacial score (nSPS) is 10.6. The van der Waals surface area contributed by atoms with Crippen LogP contribution >= 0.6 is 0 Å². The molecule has 144 valence electrons. The van der Waals surface area contributed by atoms with Crippen molar-refractivity contribution < 1.29 is 9.53 Å². The van der Waals surface area contributed by atoms with Crippen LogP contribution in [0.25, 0.3) is 17.1 Å². The van der Waals surface area contributed by atoms with Crippen LogP contribution in [0.5, 0.6) is 5.75 Å². The van der Waals surface area contributed by atoms with Crippen LogP contribution < -0.4 is 10.1 Å². The van der Waals surface area contributed by atoms with Gasteiger partial charge in [-0.3, -0.25) is 4.79 Å². The van der Waals surface area contributed by atoms with E-state index in [2.05, 4.69) is 15.4 Å². The first kappa shape index (κ1) is 18.4. The maximum absolute atomic E-state index is 12.8. The molecule has 0 aliphatic rings. The Hall–Kier alpha value is -3.93. The molecule has 0 aliphatic carbocycles. The molecule has 0 fully saturated rings. The zero-order valence-corrected chi connectivity index (χ0v) is 16.2. The highest BCUT2D eigenvalue weighted by molar-refractivity contribution is 6.02. The molecule has 1 aromatic heterocycles. The van der Waals surface area contributed by atoms with Gasteiger partial charge in [-0.1, -0.05) is 54.1 Å². The Morgan fingerprint density at radius 3 is 2.45 bits per heavy atom. The van der Waals surface area contributed by atoms with Crippen LogP contribution in [0.4, 0.5) is 5.69 Å². The van der Waals surface area contributed by atoms with Crippen molar-refractivity contribution >= 4 is 11.6 Å². The van der Waals surface area contributed by atoms with E-state index in [1.54, 1.807) is 23.9 Å². The molecular formula is C23H20N4O2. The third kappa shape index (κ3) is 4.01. The zero-order chi connectivity index (χ0) is 20.2. The third-order valence-electron chi connectivity index (χ3n) is 4.45. The minimum atomic E-state index is -0.388. The van der Waals surface area contributed by atoms with Crippen LogP contribution in [0.1, 0.15) is 16.2 Å². The first-order valence-electron chi connectivity index (χ1n) is 9.19. The Balaban J connectivity index is 1.72. The van der Waals surface area contributed by atoms with Crippen molar-refractivity contribution in [3.8, 4) is 22.8 Å². The lowest BCUT2D eigenvalue weighted by Gasteiger charge is -2.06. The van der Waals surface area contributed by atoms with Crippen molar-refractivity contribution in [2.75, 3.05) is 12.4 Å². The molecule has 0 aliphatic heterocycles. The Morgan fingerprint density at radius 2 is 1.72 bits per heavy atom. The molecule has 4 rings (SSSR count). The SMILES string of the molecule is COc1cccc(NC(=O)c2nc(-c3ccc(C)cc3)n(-c3ccccc3)n2)c1. The summed E-state index contributed by atoms with van der Waals surface area (Å²) in [6.45, 7) is 2.03. The summed E-state index contributed by atoms with van der Waals surface area (Å²) >= 11 is 0. The molecular weight excluding hydrogens is 364 g/mol. The Labute approximate surface area is 168 Å². The summed E-state index contributed by atoms with van der Waals surface area (Å²) in [4.78, 5) is 17.3. The zero-order valence-electron chi connectivity index (χ0n) is 16.2. The van der Waals surface area contributed by atoms with Gasteiger partial charge in [0.05, 0.1) is 12.8 Å². The predicted octanol–water partition coefficient (Wildman–Crippen LogP) is 4.50. The van der Waals surface area contributed by atoms with Crippen LogP contribution in [0, 0.1) is 6.92 Å². The summed E-state index contributed by atoms with van der Waals surface area (Å²) in [6, 6.07) is 24.8. The van der Waals surface area contributed by atoms with Gasteiger partial charge in [-0.25, -0.2) is 9.67 Å². The quantitative estimate of drug-likeness (QED) is 0.550. The fourth-order valence-electron chi connectivity index (χ4n) is 2.93. The van der Waals surface area contributed by atoms with Crippen LogP contribution in [0.3, 0.4) is 0 Å². The standard InChI is InChI=1S/C23H20N4O2/c1-16-11-13-17(14-12-16)22-25-21(26-27(22)19-8-4-3-5-9-19)23(28)24-18-7-6-10-20(15-18)29-2/h3-15H,1-2H3,(H,24,28). The first-order valence-corrected chi connectivity index (χ1v) is 9.19. The Bertz CT molecular complexity index is 1140. The molecule has 0 atom stereocenters. The summed E-state index contributed by atoms with van der Waals surface area (Å²) in [6.07, 6.45) is 0. The maximum Gasteiger partial charge on any atom is 0.295 e. The summed E-state index contributed by atoms with van der Waals surface area (Å²) in [5.74, 6) is 0.964. The molecule has 3 aromatic carbocycles. The van der Waals surface area contributed by atoms with Crippen molar-refractivity contribution in [1.82, 2.24) is 14.8 Å². The average Bonchev–Trinajstić information content (AvgIpc) is 3.21. The van der Waals surface area contributed by atoms with Crippen molar-refractivity contribution in [2.24, 2.45) is 0 Å². The molecule has 0 spiro atoms. The highest BCUT2D eigenvalue weighted by Crippen LogP contribution is 2.23. The van der Waals surface area contributed by atoms with E-state index in [0.29, 0.717) is 17.3 Å². The minimum Gasteiger partial charge on any atom is -0.497 e. The number of anilines is 1. The highest BCUT2D eigenvalue weighted by Gasteiger charge is 2.19. The number of nitrogens with zero attached hydrogens (tertiary/aromatic N) is 3. The molecule has 4 aromatic rings. The summed E-state index contributed by atoms with van der Waals surface area (Å²) in [5, 5.41) is 7.31. The number of benzene rings is 3. The predicted molar refractivity (Wildman–Crippen MR) is 112 cm³/mol. The third-order valence-corrected chi connectivity index (χ3v) is 4.45. The fraction of sp³-hybridized carbons (Fsp3) is 0.0870. The molecule has 0 bridgehead atoms. The lowest BCUT2D eigenvalue weighted by molar-refractivity contribution is 0.101. The van der Waals surface area contributed by atoms with Gasteiger partial charge in [-0.15, -0.1) is 5.10 Å². The number of carbonyl (C=O) groups excluding carboxylic acids is 1. The first-order chi connectivity index (χ1) is 14.1. The topological polar surface area (TPSA) is 69.0 Å². The van der Waals surface area contributed by atoms with E-state index in [4.69, 9.17) is 4.74 Å². The molecule has 6 heteroatoms. The van der Waals surface area contributed by atoms with Crippen LogP contribution in [-0.2, 0) is 0 Å². The van der Waals surface area contributed by atoms with Crippen LogP contribution in [-0.4, -0.2) is 27.8 Å². The molecule has 0 radical (unpaired) electrons. The van der Waals surface area contributed by atoms with Gasteiger partial charge in [0.25, 0.3) is 5.91 Å². The molecule has 1 N–H and O–H groups in total. The van der Waals surface area contributed by atoms with E-state index < -0.39 is 0 Å².